The van der Waals surface area contributed by atoms with Crippen molar-refractivity contribution in [2.24, 2.45) is 5.92 Å². The summed E-state index contributed by atoms with van der Waals surface area (Å²) in [6.07, 6.45) is 4.03. The maximum absolute atomic E-state index is 10.8. The minimum atomic E-state index is -0.800. The van der Waals surface area contributed by atoms with E-state index < -0.39 is 11.9 Å². The number of aliphatic carboxylic acids is 1. The molecule has 1 heterocycles. The van der Waals surface area contributed by atoms with E-state index in [-0.39, 0.29) is 0 Å². The molecule has 0 saturated heterocycles. The summed E-state index contributed by atoms with van der Waals surface area (Å²) in [6.45, 7) is 3.58. The molecule has 4 nitrogen and oxygen atoms in total. The van der Waals surface area contributed by atoms with Gasteiger partial charge in [0, 0.05) is 12.4 Å². The first-order valence-electron chi connectivity index (χ1n) is 6.00. The van der Waals surface area contributed by atoms with Crippen LogP contribution in [-0.4, -0.2) is 20.6 Å². The van der Waals surface area contributed by atoms with Crippen LogP contribution in [0.3, 0.4) is 0 Å². The van der Waals surface area contributed by atoms with Crippen molar-refractivity contribution >= 4 is 17.6 Å². The van der Waals surface area contributed by atoms with E-state index in [0.717, 1.165) is 17.1 Å². The largest absolute Gasteiger partial charge is 0.481 e. The lowest BCUT2D eigenvalue weighted by molar-refractivity contribution is -0.141. The molecule has 19 heavy (non-hydrogen) atoms. The van der Waals surface area contributed by atoms with Crippen LogP contribution in [0.25, 0.3) is 5.69 Å². The fourth-order valence-corrected chi connectivity index (χ4v) is 2.24. The van der Waals surface area contributed by atoms with Crippen molar-refractivity contribution in [3.05, 3.63) is 47.0 Å². The van der Waals surface area contributed by atoms with Gasteiger partial charge in [0.15, 0.2) is 0 Å². The summed E-state index contributed by atoms with van der Waals surface area (Å²) in [7, 11) is 0. The van der Waals surface area contributed by atoms with E-state index in [1.54, 1.807) is 13.1 Å². The highest BCUT2D eigenvalue weighted by Gasteiger charge is 2.13. The van der Waals surface area contributed by atoms with Crippen molar-refractivity contribution in [3.8, 4) is 5.69 Å². The van der Waals surface area contributed by atoms with Crippen molar-refractivity contribution in [3.63, 3.8) is 0 Å². The number of aryl methyl sites for hydroxylation is 1. The van der Waals surface area contributed by atoms with Gasteiger partial charge in [-0.25, -0.2) is 4.98 Å². The first-order chi connectivity index (χ1) is 8.99. The van der Waals surface area contributed by atoms with Crippen LogP contribution in [0.5, 0.6) is 0 Å². The van der Waals surface area contributed by atoms with E-state index in [4.69, 9.17) is 16.7 Å². The third kappa shape index (κ3) is 2.96. The van der Waals surface area contributed by atoms with Crippen LogP contribution in [0.15, 0.2) is 30.6 Å². The van der Waals surface area contributed by atoms with Gasteiger partial charge in [0.1, 0.15) is 5.82 Å². The minimum absolute atomic E-state index is 0.420. The van der Waals surface area contributed by atoms with Gasteiger partial charge in [-0.2, -0.15) is 0 Å². The van der Waals surface area contributed by atoms with Crippen LogP contribution in [0.1, 0.15) is 18.3 Å². The van der Waals surface area contributed by atoms with Gasteiger partial charge in [0.2, 0.25) is 0 Å². The SMILES string of the molecule is Cc1nccn1-c1ccc(CC(C)C(=O)O)cc1Cl. The quantitative estimate of drug-likeness (QED) is 0.935. The molecule has 0 aliphatic rings. The van der Waals surface area contributed by atoms with Crippen molar-refractivity contribution in [2.45, 2.75) is 20.3 Å². The number of benzene rings is 1. The average molecular weight is 279 g/mol. The van der Waals surface area contributed by atoms with E-state index in [2.05, 4.69) is 4.98 Å². The summed E-state index contributed by atoms with van der Waals surface area (Å²) < 4.78 is 1.90. The van der Waals surface area contributed by atoms with Crippen LogP contribution in [0.2, 0.25) is 5.02 Å². The first kappa shape index (κ1) is 13.6. The summed E-state index contributed by atoms with van der Waals surface area (Å²) in [5.41, 5.74) is 1.77. The molecule has 0 aliphatic heterocycles. The van der Waals surface area contributed by atoms with Crippen molar-refractivity contribution in [1.29, 1.82) is 0 Å². The summed E-state index contributed by atoms with van der Waals surface area (Å²) >= 11 is 6.26. The van der Waals surface area contributed by atoms with Gasteiger partial charge in [-0.3, -0.25) is 4.79 Å². The number of halogens is 1. The summed E-state index contributed by atoms with van der Waals surface area (Å²) in [6, 6.07) is 5.61. The topological polar surface area (TPSA) is 55.1 Å². The molecule has 0 amide bonds. The Kier molecular flexibility index (Phi) is 3.90. The zero-order chi connectivity index (χ0) is 14.0. The number of hydrogen-bond acceptors (Lipinski definition) is 2. The number of carboxylic acid groups (broad SMARTS) is 1. The van der Waals surface area contributed by atoms with Crippen LogP contribution in [-0.2, 0) is 11.2 Å². The molecule has 1 unspecified atom stereocenters. The number of nitrogens with zero attached hydrogens (tertiary/aromatic N) is 2. The Morgan fingerprint density at radius 1 is 1.53 bits per heavy atom. The highest BCUT2D eigenvalue weighted by molar-refractivity contribution is 6.32. The second kappa shape index (κ2) is 5.45. The van der Waals surface area contributed by atoms with Crippen LogP contribution in [0.4, 0.5) is 0 Å². The Balaban J connectivity index is 2.28. The first-order valence-corrected chi connectivity index (χ1v) is 6.38. The zero-order valence-corrected chi connectivity index (χ0v) is 11.6. The molecule has 5 heteroatoms. The maximum Gasteiger partial charge on any atom is 0.306 e. The third-order valence-corrected chi connectivity index (χ3v) is 3.36. The smallest absolute Gasteiger partial charge is 0.306 e. The van der Waals surface area contributed by atoms with E-state index >= 15 is 0 Å². The zero-order valence-electron chi connectivity index (χ0n) is 10.8. The molecular weight excluding hydrogens is 264 g/mol. The molecule has 1 N–H and O–H groups in total. The van der Waals surface area contributed by atoms with E-state index in [1.165, 1.54) is 0 Å². The Morgan fingerprint density at radius 2 is 2.26 bits per heavy atom. The van der Waals surface area contributed by atoms with Crippen LogP contribution in [0, 0.1) is 12.8 Å². The molecular formula is C14H15ClN2O2. The molecule has 1 aromatic heterocycles. The molecule has 0 fully saturated rings. The van der Waals surface area contributed by atoms with Crippen LogP contribution >= 0.6 is 11.6 Å². The molecule has 1 aromatic carbocycles. The predicted octanol–water partition coefficient (Wildman–Crippen LogP) is 3.10. The molecule has 0 saturated carbocycles. The van der Waals surface area contributed by atoms with E-state index in [1.807, 2.05) is 35.9 Å². The van der Waals surface area contributed by atoms with E-state index in [0.29, 0.717) is 11.4 Å². The molecule has 0 aliphatic carbocycles. The van der Waals surface area contributed by atoms with Gasteiger partial charge in [-0.15, -0.1) is 0 Å². The molecule has 1 atom stereocenters. The monoisotopic (exact) mass is 278 g/mol. The molecule has 100 valence electrons. The maximum atomic E-state index is 10.8. The van der Waals surface area contributed by atoms with Gasteiger partial charge in [0.05, 0.1) is 16.6 Å². The predicted molar refractivity (Wildman–Crippen MR) is 73.8 cm³/mol. The van der Waals surface area contributed by atoms with Crippen molar-refractivity contribution in [1.82, 2.24) is 9.55 Å². The Labute approximate surface area is 116 Å². The highest BCUT2D eigenvalue weighted by Crippen LogP contribution is 2.24. The van der Waals surface area contributed by atoms with Gasteiger partial charge < -0.3 is 9.67 Å². The van der Waals surface area contributed by atoms with Gasteiger partial charge in [0.25, 0.3) is 0 Å². The number of imidazole rings is 1. The van der Waals surface area contributed by atoms with Crippen LogP contribution < -0.4 is 0 Å². The number of carboxylic acids is 1. The Hall–Kier alpha value is -1.81. The number of carbonyl (C=O) groups is 1. The number of hydrogen-bond donors (Lipinski definition) is 1. The van der Waals surface area contributed by atoms with Gasteiger partial charge >= 0.3 is 5.97 Å². The second-order valence-corrected chi connectivity index (χ2v) is 4.98. The lowest BCUT2D eigenvalue weighted by atomic mass is 10.0. The summed E-state index contributed by atoms with van der Waals surface area (Å²) in [5, 5.41) is 9.50. The lowest BCUT2D eigenvalue weighted by Crippen LogP contribution is -2.12. The fourth-order valence-electron chi connectivity index (χ4n) is 1.95. The Morgan fingerprint density at radius 3 is 2.79 bits per heavy atom. The normalized spacial score (nSPS) is 12.4. The molecule has 0 bridgehead atoms. The van der Waals surface area contributed by atoms with E-state index in [9.17, 15) is 4.79 Å². The standard InChI is InChI=1S/C14H15ClN2O2/c1-9(14(18)19)7-11-3-4-13(12(15)8-11)17-6-5-16-10(17)2/h3-6,8-9H,7H2,1-2H3,(H,18,19). The lowest BCUT2D eigenvalue weighted by Gasteiger charge is -2.11. The molecule has 2 rings (SSSR count). The number of aromatic nitrogens is 2. The minimum Gasteiger partial charge on any atom is -0.481 e. The summed E-state index contributed by atoms with van der Waals surface area (Å²) in [5.74, 6) is -0.365. The average Bonchev–Trinajstić information content (AvgIpc) is 2.75. The Bertz CT molecular complexity index is 607. The molecule has 0 radical (unpaired) electrons. The van der Waals surface area contributed by atoms with Gasteiger partial charge in [-0.1, -0.05) is 24.6 Å². The fraction of sp³-hybridized carbons (Fsp3) is 0.286. The van der Waals surface area contributed by atoms with Crippen molar-refractivity contribution < 1.29 is 9.90 Å². The van der Waals surface area contributed by atoms with Crippen molar-refractivity contribution in [2.75, 3.05) is 0 Å². The number of rotatable bonds is 4. The van der Waals surface area contributed by atoms with Gasteiger partial charge in [-0.05, 0) is 31.0 Å². The second-order valence-electron chi connectivity index (χ2n) is 4.57. The highest BCUT2D eigenvalue weighted by atomic mass is 35.5. The third-order valence-electron chi connectivity index (χ3n) is 3.06. The molecule has 2 aromatic rings. The summed E-state index contributed by atoms with van der Waals surface area (Å²) in [4.78, 5) is 15.0. The molecule has 0 spiro atoms.